The molecule has 0 spiro atoms. The van der Waals surface area contributed by atoms with Gasteiger partial charge in [-0.1, -0.05) is 30.3 Å². The monoisotopic (exact) mass is 489 g/mol. The highest BCUT2D eigenvalue weighted by molar-refractivity contribution is 7.88. The van der Waals surface area contributed by atoms with Gasteiger partial charge < -0.3 is 5.32 Å². The summed E-state index contributed by atoms with van der Waals surface area (Å²) in [5.74, 6) is 0.232. The summed E-state index contributed by atoms with van der Waals surface area (Å²) in [5, 5.41) is 9.99. The number of hydrogen-bond donors (Lipinski definition) is 1. The number of amides is 1. The Kier molecular flexibility index (Phi) is 7.11. The average molecular weight is 490 g/mol. The summed E-state index contributed by atoms with van der Waals surface area (Å²) < 4.78 is 27.9. The molecule has 11 heteroatoms. The minimum absolute atomic E-state index is 0.0693. The summed E-state index contributed by atoms with van der Waals surface area (Å²) in [6.45, 7) is 1.07. The molecule has 9 nitrogen and oxygen atoms in total. The van der Waals surface area contributed by atoms with E-state index in [0.717, 1.165) is 10.6 Å². The first kappa shape index (κ1) is 23.4. The van der Waals surface area contributed by atoms with Gasteiger partial charge in [-0.25, -0.2) is 26.8 Å². The summed E-state index contributed by atoms with van der Waals surface area (Å²) in [6.07, 6.45) is 3.05. The van der Waals surface area contributed by atoms with E-state index in [9.17, 15) is 18.0 Å². The van der Waals surface area contributed by atoms with Crippen molar-refractivity contribution in [2.75, 3.05) is 25.9 Å². The van der Waals surface area contributed by atoms with Crippen molar-refractivity contribution in [3.63, 3.8) is 0 Å². The van der Waals surface area contributed by atoms with Crippen molar-refractivity contribution in [3.8, 4) is 5.00 Å². The van der Waals surface area contributed by atoms with Crippen LogP contribution in [0.1, 0.15) is 30.1 Å². The van der Waals surface area contributed by atoms with Crippen LogP contribution in [0.2, 0.25) is 0 Å². The predicted molar refractivity (Wildman–Crippen MR) is 127 cm³/mol. The first-order valence-electron chi connectivity index (χ1n) is 10.8. The Morgan fingerprint density at radius 2 is 1.88 bits per heavy atom. The van der Waals surface area contributed by atoms with Gasteiger partial charge in [0.1, 0.15) is 17.4 Å². The minimum atomic E-state index is -3.24. The van der Waals surface area contributed by atoms with Gasteiger partial charge in [0.2, 0.25) is 15.9 Å². The molecular formula is C22H27N5O4S2. The van der Waals surface area contributed by atoms with Crippen molar-refractivity contribution in [1.29, 1.82) is 0 Å². The Morgan fingerprint density at radius 1 is 1.15 bits per heavy atom. The van der Waals surface area contributed by atoms with Crippen LogP contribution in [0, 0.1) is 0 Å². The highest BCUT2D eigenvalue weighted by Gasteiger charge is 2.30. The molecule has 1 N–H and O–H groups in total. The third kappa shape index (κ3) is 5.60. The topological polar surface area (TPSA) is 106 Å². The average Bonchev–Trinajstić information content (AvgIpc) is 3.42. The quantitative estimate of drug-likeness (QED) is 0.517. The van der Waals surface area contributed by atoms with Crippen molar-refractivity contribution in [2.45, 2.75) is 31.7 Å². The molecule has 3 heterocycles. The second-order valence-corrected chi connectivity index (χ2v) is 11.0. The molecule has 0 saturated carbocycles. The first-order valence-corrected chi connectivity index (χ1v) is 13.5. The van der Waals surface area contributed by atoms with Gasteiger partial charge >= 0.3 is 5.69 Å². The number of rotatable bonds is 8. The van der Waals surface area contributed by atoms with Gasteiger partial charge in [0, 0.05) is 25.6 Å². The molecule has 0 atom stereocenters. The Balaban J connectivity index is 1.49. The smallest absolute Gasteiger partial charge is 0.351 e. The Labute approximate surface area is 196 Å². The number of carbonyl (C=O) groups excluding carboxylic acids is 1. The lowest BCUT2D eigenvalue weighted by Crippen LogP contribution is -2.37. The van der Waals surface area contributed by atoms with E-state index in [1.54, 1.807) is 4.57 Å². The highest BCUT2D eigenvalue weighted by Crippen LogP contribution is 2.29. The van der Waals surface area contributed by atoms with E-state index < -0.39 is 10.0 Å². The van der Waals surface area contributed by atoms with Gasteiger partial charge in [0.05, 0.1) is 6.26 Å². The number of benzene rings is 1. The molecule has 0 aliphatic carbocycles. The van der Waals surface area contributed by atoms with Gasteiger partial charge in [0.25, 0.3) is 0 Å². The van der Waals surface area contributed by atoms with Crippen LogP contribution in [-0.2, 0) is 27.8 Å². The molecule has 33 heavy (non-hydrogen) atoms. The number of nitrogens with zero attached hydrogens (tertiary/aromatic N) is 4. The number of sulfonamides is 1. The van der Waals surface area contributed by atoms with Gasteiger partial charge in [-0.2, -0.15) is 5.10 Å². The van der Waals surface area contributed by atoms with Crippen LogP contribution in [0.15, 0.2) is 52.6 Å². The lowest BCUT2D eigenvalue weighted by Gasteiger charge is -2.29. The van der Waals surface area contributed by atoms with E-state index in [0.29, 0.717) is 44.7 Å². The zero-order valence-corrected chi connectivity index (χ0v) is 20.0. The normalized spacial score (nSPS) is 15.5. The number of carbonyl (C=O) groups is 1. The second kappa shape index (κ2) is 10.0. The molecule has 176 valence electrons. The highest BCUT2D eigenvalue weighted by atomic mass is 32.2. The maximum absolute atomic E-state index is 13.2. The molecule has 0 bridgehead atoms. The lowest BCUT2D eigenvalue weighted by atomic mass is 9.97. The van der Waals surface area contributed by atoms with E-state index in [2.05, 4.69) is 10.4 Å². The Morgan fingerprint density at radius 3 is 2.52 bits per heavy atom. The first-order chi connectivity index (χ1) is 15.8. The van der Waals surface area contributed by atoms with Crippen LogP contribution in [0.25, 0.3) is 5.00 Å². The zero-order chi connectivity index (χ0) is 23.4. The van der Waals surface area contributed by atoms with E-state index in [-0.39, 0.29) is 24.1 Å². The van der Waals surface area contributed by atoms with Crippen LogP contribution < -0.4 is 11.0 Å². The van der Waals surface area contributed by atoms with E-state index in [1.807, 2.05) is 47.8 Å². The Bertz CT molecular complexity index is 1240. The largest absolute Gasteiger partial charge is 0.354 e. The van der Waals surface area contributed by atoms with Crippen molar-refractivity contribution < 1.29 is 13.2 Å². The third-order valence-corrected chi connectivity index (χ3v) is 7.91. The molecule has 1 amide bonds. The van der Waals surface area contributed by atoms with Crippen LogP contribution in [0.5, 0.6) is 0 Å². The Hall–Kier alpha value is -2.76. The lowest BCUT2D eigenvalue weighted by molar-refractivity contribution is -0.121. The summed E-state index contributed by atoms with van der Waals surface area (Å²) in [6, 6.07) is 13.6. The molecule has 1 fully saturated rings. The number of hydrogen-bond acceptors (Lipinski definition) is 6. The fourth-order valence-electron chi connectivity index (χ4n) is 4.02. The van der Waals surface area contributed by atoms with Gasteiger partial charge in [-0.15, -0.1) is 11.3 Å². The van der Waals surface area contributed by atoms with Gasteiger partial charge in [-0.05, 0) is 42.3 Å². The number of aromatic nitrogens is 3. The number of thiophene rings is 1. The maximum atomic E-state index is 13.2. The van der Waals surface area contributed by atoms with Crippen LogP contribution in [0.3, 0.4) is 0 Å². The van der Waals surface area contributed by atoms with Crippen LogP contribution >= 0.6 is 11.3 Å². The fraction of sp³-hybridized carbons (Fsp3) is 0.409. The summed E-state index contributed by atoms with van der Waals surface area (Å²) in [4.78, 5) is 25.7. The van der Waals surface area contributed by atoms with E-state index >= 15 is 0 Å². The molecular weight excluding hydrogens is 462 g/mol. The maximum Gasteiger partial charge on any atom is 0.351 e. The van der Waals surface area contributed by atoms with E-state index in [1.165, 1.54) is 26.6 Å². The molecule has 1 aliphatic heterocycles. The van der Waals surface area contributed by atoms with Gasteiger partial charge in [-0.3, -0.25) is 4.79 Å². The van der Waals surface area contributed by atoms with Crippen molar-refractivity contribution in [1.82, 2.24) is 24.0 Å². The fourth-order valence-corrected chi connectivity index (χ4v) is 5.63. The van der Waals surface area contributed by atoms with E-state index in [4.69, 9.17) is 0 Å². The standard InChI is InChI=1S/C22H27N5O4S2/c1-33(30,31)25-13-10-18(11-14-25)21-24-26(22(29)27(21)20-8-5-15-32-20)16-19(28)23-12-9-17-6-3-2-4-7-17/h2-8,15,18H,9-14,16H2,1H3,(H,23,28). The molecule has 1 saturated heterocycles. The zero-order valence-electron chi connectivity index (χ0n) is 18.4. The third-order valence-electron chi connectivity index (χ3n) is 5.75. The molecule has 2 aromatic heterocycles. The van der Waals surface area contributed by atoms with Crippen molar-refractivity contribution in [2.24, 2.45) is 0 Å². The summed E-state index contributed by atoms with van der Waals surface area (Å²) in [7, 11) is -3.24. The summed E-state index contributed by atoms with van der Waals surface area (Å²) in [5.41, 5.74) is 0.760. The SMILES string of the molecule is CS(=O)(=O)N1CCC(c2nn(CC(=O)NCCc3ccccc3)c(=O)n2-c2cccs2)CC1. The van der Waals surface area contributed by atoms with Crippen LogP contribution in [-0.4, -0.2) is 58.9 Å². The van der Waals surface area contributed by atoms with Crippen molar-refractivity contribution >= 4 is 27.3 Å². The minimum Gasteiger partial charge on any atom is -0.354 e. The molecule has 0 unspecified atom stereocenters. The number of nitrogens with one attached hydrogen (secondary N) is 1. The van der Waals surface area contributed by atoms with Gasteiger partial charge in [0.15, 0.2) is 0 Å². The summed E-state index contributed by atoms with van der Waals surface area (Å²) >= 11 is 1.42. The molecule has 1 aliphatic rings. The van der Waals surface area contributed by atoms with Crippen molar-refractivity contribution in [3.05, 3.63) is 69.7 Å². The molecule has 4 rings (SSSR count). The second-order valence-electron chi connectivity index (χ2n) is 8.11. The predicted octanol–water partition coefficient (Wildman–Crippen LogP) is 1.59. The van der Waals surface area contributed by atoms with Crippen LogP contribution in [0.4, 0.5) is 0 Å². The molecule has 3 aromatic rings. The molecule has 0 radical (unpaired) electrons. The molecule has 1 aromatic carbocycles. The number of piperidine rings is 1.